The zero-order valence-electron chi connectivity index (χ0n) is 9.45. The Morgan fingerprint density at radius 1 is 1.22 bits per heavy atom. The molecule has 0 saturated carbocycles. The van der Waals surface area contributed by atoms with Crippen molar-refractivity contribution in [2.75, 3.05) is 5.32 Å². The summed E-state index contributed by atoms with van der Waals surface area (Å²) in [6, 6.07) is 13.6. The maximum atomic E-state index is 13.4. The summed E-state index contributed by atoms with van der Waals surface area (Å²) < 4.78 is 13.4. The van der Waals surface area contributed by atoms with E-state index in [1.807, 2.05) is 6.07 Å². The molecule has 0 aliphatic heterocycles. The van der Waals surface area contributed by atoms with Crippen molar-refractivity contribution in [3.8, 4) is 6.07 Å². The molecule has 0 aliphatic carbocycles. The topological polar surface area (TPSA) is 35.8 Å². The highest BCUT2D eigenvalue weighted by atomic mass is 35.5. The van der Waals surface area contributed by atoms with Gasteiger partial charge in [0.15, 0.2) is 0 Å². The lowest BCUT2D eigenvalue weighted by atomic mass is 10.2. The smallest absolute Gasteiger partial charge is 0.128 e. The van der Waals surface area contributed by atoms with Crippen LogP contribution in [0.15, 0.2) is 42.5 Å². The molecular weight excluding hydrogens is 251 g/mol. The van der Waals surface area contributed by atoms with E-state index in [0.29, 0.717) is 22.7 Å². The van der Waals surface area contributed by atoms with Crippen molar-refractivity contribution < 1.29 is 4.39 Å². The normalized spacial score (nSPS) is 9.83. The Morgan fingerprint density at radius 2 is 2.00 bits per heavy atom. The van der Waals surface area contributed by atoms with Crippen molar-refractivity contribution in [1.82, 2.24) is 0 Å². The Labute approximate surface area is 110 Å². The molecule has 90 valence electrons. The molecule has 2 rings (SSSR count). The van der Waals surface area contributed by atoms with Gasteiger partial charge in [-0.25, -0.2) is 4.39 Å². The second kappa shape index (κ2) is 5.52. The molecule has 2 aromatic carbocycles. The molecule has 0 heterocycles. The van der Waals surface area contributed by atoms with Gasteiger partial charge in [-0.3, -0.25) is 0 Å². The van der Waals surface area contributed by atoms with Gasteiger partial charge in [-0.15, -0.1) is 0 Å². The fraction of sp³-hybridized carbons (Fsp3) is 0.0714. The van der Waals surface area contributed by atoms with Crippen LogP contribution in [-0.4, -0.2) is 0 Å². The molecule has 0 bridgehead atoms. The van der Waals surface area contributed by atoms with E-state index in [1.165, 1.54) is 6.07 Å². The van der Waals surface area contributed by atoms with Gasteiger partial charge in [0.05, 0.1) is 10.6 Å². The lowest BCUT2D eigenvalue weighted by Gasteiger charge is -2.08. The molecule has 0 aromatic heterocycles. The van der Waals surface area contributed by atoms with Gasteiger partial charge in [-0.2, -0.15) is 5.26 Å². The van der Waals surface area contributed by atoms with Gasteiger partial charge in [-0.1, -0.05) is 29.8 Å². The van der Waals surface area contributed by atoms with E-state index >= 15 is 0 Å². The van der Waals surface area contributed by atoms with Gasteiger partial charge < -0.3 is 5.32 Å². The first kappa shape index (κ1) is 12.4. The highest BCUT2D eigenvalue weighted by Crippen LogP contribution is 2.20. The number of nitrogens with one attached hydrogen (secondary N) is 1. The number of halogens is 2. The van der Waals surface area contributed by atoms with Crippen molar-refractivity contribution in [3.05, 3.63) is 64.4 Å². The lowest BCUT2D eigenvalue weighted by molar-refractivity contribution is 0.613. The fourth-order valence-corrected chi connectivity index (χ4v) is 1.72. The Morgan fingerprint density at radius 3 is 2.72 bits per heavy atom. The van der Waals surface area contributed by atoms with Crippen molar-refractivity contribution in [2.24, 2.45) is 0 Å². The standard InChI is InChI=1S/C14H10ClFN2/c15-13-6-5-12(7-11(13)8-17)18-9-10-3-1-2-4-14(10)16/h1-7,18H,9H2. The largest absolute Gasteiger partial charge is 0.381 e. The molecule has 0 spiro atoms. The molecule has 1 N–H and O–H groups in total. The molecule has 4 heteroatoms. The first-order valence-corrected chi connectivity index (χ1v) is 5.75. The number of hydrogen-bond acceptors (Lipinski definition) is 2. The molecular formula is C14H10ClFN2. The van der Waals surface area contributed by atoms with Crippen LogP contribution in [0.25, 0.3) is 0 Å². The van der Waals surface area contributed by atoms with Gasteiger partial charge in [0.1, 0.15) is 11.9 Å². The summed E-state index contributed by atoms with van der Waals surface area (Å²) in [6.07, 6.45) is 0. The summed E-state index contributed by atoms with van der Waals surface area (Å²) in [4.78, 5) is 0. The third-order valence-corrected chi connectivity index (χ3v) is 2.86. The molecule has 2 aromatic rings. The number of anilines is 1. The zero-order valence-corrected chi connectivity index (χ0v) is 10.2. The Kier molecular flexibility index (Phi) is 3.81. The van der Waals surface area contributed by atoms with E-state index in [-0.39, 0.29) is 5.82 Å². The highest BCUT2D eigenvalue weighted by Gasteiger charge is 2.03. The SMILES string of the molecule is N#Cc1cc(NCc2ccccc2F)ccc1Cl. The fourth-order valence-electron chi connectivity index (χ4n) is 1.56. The first-order valence-electron chi connectivity index (χ1n) is 5.37. The van der Waals surface area contributed by atoms with Crippen LogP contribution >= 0.6 is 11.6 Å². The van der Waals surface area contributed by atoms with E-state index in [2.05, 4.69) is 5.32 Å². The minimum Gasteiger partial charge on any atom is -0.381 e. The molecule has 18 heavy (non-hydrogen) atoms. The summed E-state index contributed by atoms with van der Waals surface area (Å²) in [5.74, 6) is -0.250. The van der Waals surface area contributed by atoms with Crippen LogP contribution in [0.2, 0.25) is 5.02 Å². The maximum absolute atomic E-state index is 13.4. The Hall–Kier alpha value is -2.05. The average molecular weight is 261 g/mol. The molecule has 0 radical (unpaired) electrons. The molecule has 2 nitrogen and oxygen atoms in total. The van der Waals surface area contributed by atoms with E-state index in [0.717, 1.165) is 5.69 Å². The molecule has 0 unspecified atom stereocenters. The van der Waals surface area contributed by atoms with Crippen molar-refractivity contribution >= 4 is 17.3 Å². The minimum atomic E-state index is -0.250. The number of nitriles is 1. The number of benzene rings is 2. The average Bonchev–Trinajstić information content (AvgIpc) is 2.39. The molecule has 0 fully saturated rings. The maximum Gasteiger partial charge on any atom is 0.128 e. The van der Waals surface area contributed by atoms with E-state index in [4.69, 9.17) is 16.9 Å². The van der Waals surface area contributed by atoms with Crippen molar-refractivity contribution in [3.63, 3.8) is 0 Å². The predicted octanol–water partition coefficient (Wildman–Crippen LogP) is 3.96. The van der Waals surface area contributed by atoms with Crippen molar-refractivity contribution in [2.45, 2.75) is 6.54 Å². The molecule has 0 amide bonds. The van der Waals surface area contributed by atoms with Gasteiger partial charge in [0, 0.05) is 17.8 Å². The van der Waals surface area contributed by atoms with Crippen molar-refractivity contribution in [1.29, 1.82) is 5.26 Å². The van der Waals surface area contributed by atoms with E-state index in [1.54, 1.807) is 36.4 Å². The molecule has 0 aliphatic rings. The Bertz CT molecular complexity index is 605. The summed E-state index contributed by atoms with van der Waals surface area (Å²) in [5, 5.41) is 12.3. The monoisotopic (exact) mass is 260 g/mol. The zero-order chi connectivity index (χ0) is 13.0. The summed E-state index contributed by atoms with van der Waals surface area (Å²) in [5.41, 5.74) is 1.71. The minimum absolute atomic E-state index is 0.250. The van der Waals surface area contributed by atoms with Crippen LogP contribution in [-0.2, 0) is 6.54 Å². The molecule has 0 atom stereocenters. The van der Waals surface area contributed by atoms with Gasteiger partial charge in [0.2, 0.25) is 0 Å². The molecule has 0 saturated heterocycles. The third kappa shape index (κ3) is 2.79. The summed E-state index contributed by atoms with van der Waals surface area (Å²) in [7, 11) is 0. The van der Waals surface area contributed by atoms with Crippen LogP contribution in [0.1, 0.15) is 11.1 Å². The van der Waals surface area contributed by atoms with Crippen LogP contribution in [0.3, 0.4) is 0 Å². The van der Waals surface area contributed by atoms with Crippen LogP contribution in [0.5, 0.6) is 0 Å². The second-order valence-electron chi connectivity index (χ2n) is 3.75. The first-order chi connectivity index (χ1) is 8.70. The van der Waals surface area contributed by atoms with Gasteiger partial charge in [0.25, 0.3) is 0 Å². The highest BCUT2D eigenvalue weighted by molar-refractivity contribution is 6.31. The van der Waals surface area contributed by atoms with E-state index in [9.17, 15) is 4.39 Å². The van der Waals surface area contributed by atoms with Gasteiger partial charge >= 0.3 is 0 Å². The van der Waals surface area contributed by atoms with E-state index < -0.39 is 0 Å². The number of hydrogen-bond donors (Lipinski definition) is 1. The summed E-state index contributed by atoms with van der Waals surface area (Å²) in [6.45, 7) is 0.360. The number of nitrogens with zero attached hydrogens (tertiary/aromatic N) is 1. The quantitative estimate of drug-likeness (QED) is 0.907. The van der Waals surface area contributed by atoms with Crippen LogP contribution in [0.4, 0.5) is 10.1 Å². The van der Waals surface area contributed by atoms with Gasteiger partial charge in [-0.05, 0) is 24.3 Å². The Balaban J connectivity index is 2.12. The summed E-state index contributed by atoms with van der Waals surface area (Å²) >= 11 is 5.83. The predicted molar refractivity (Wildman–Crippen MR) is 69.9 cm³/mol. The second-order valence-corrected chi connectivity index (χ2v) is 4.16. The van der Waals surface area contributed by atoms with Crippen LogP contribution in [0, 0.1) is 17.1 Å². The van der Waals surface area contributed by atoms with Crippen LogP contribution < -0.4 is 5.32 Å². The lowest BCUT2D eigenvalue weighted by Crippen LogP contribution is -2.01. The number of rotatable bonds is 3. The third-order valence-electron chi connectivity index (χ3n) is 2.53.